The van der Waals surface area contributed by atoms with Crippen molar-refractivity contribution < 1.29 is 32.3 Å². The molecule has 0 radical (unpaired) electrons. The van der Waals surface area contributed by atoms with Gasteiger partial charge in [-0.15, -0.1) is 10.2 Å². The molecule has 0 amide bonds. The highest BCUT2D eigenvalue weighted by Crippen LogP contribution is 2.32. The Balaban J connectivity index is 1.28. The van der Waals surface area contributed by atoms with Crippen molar-refractivity contribution in [3.8, 4) is 23.2 Å². The molecule has 1 aromatic carbocycles. The minimum absolute atomic E-state index is 0.108. The van der Waals surface area contributed by atoms with Crippen LogP contribution in [-0.2, 0) is 16.1 Å². The standard InChI is InChI=1S/C20H20BrF2N5O5/c1-2-30-19(29)10-28-25-20(24-27-28)17-9-18(26-33-17)32-12-5-3-11(4-6-12)31-16-8-15(23)14(22)7-13(16)21/h7-9,11-12H,2-6,10H2,1H3. The van der Waals surface area contributed by atoms with Gasteiger partial charge in [-0.3, -0.25) is 0 Å². The van der Waals surface area contributed by atoms with E-state index in [1.807, 2.05) is 0 Å². The van der Waals surface area contributed by atoms with Crippen LogP contribution in [0.15, 0.2) is 27.2 Å². The number of halogens is 3. The molecule has 0 atom stereocenters. The summed E-state index contributed by atoms with van der Waals surface area (Å²) in [5.41, 5.74) is 0. The first kappa shape index (κ1) is 23.1. The Labute approximate surface area is 195 Å². The van der Waals surface area contributed by atoms with Crippen LogP contribution in [0.3, 0.4) is 0 Å². The van der Waals surface area contributed by atoms with E-state index in [4.69, 9.17) is 18.7 Å². The fraction of sp³-hybridized carbons (Fsp3) is 0.450. The zero-order valence-corrected chi connectivity index (χ0v) is 19.1. The van der Waals surface area contributed by atoms with Crippen LogP contribution in [0, 0.1) is 11.6 Å². The van der Waals surface area contributed by atoms with Crippen LogP contribution < -0.4 is 9.47 Å². The predicted octanol–water partition coefficient (Wildman–Crippen LogP) is 3.70. The van der Waals surface area contributed by atoms with E-state index >= 15 is 0 Å². The van der Waals surface area contributed by atoms with E-state index < -0.39 is 17.6 Å². The molecule has 13 heteroatoms. The number of carbonyl (C=O) groups is 1. The molecule has 3 aromatic rings. The van der Waals surface area contributed by atoms with Gasteiger partial charge in [-0.2, -0.15) is 4.80 Å². The molecule has 1 aliphatic carbocycles. The van der Waals surface area contributed by atoms with E-state index in [0.717, 1.165) is 16.9 Å². The van der Waals surface area contributed by atoms with Crippen molar-refractivity contribution >= 4 is 21.9 Å². The molecule has 10 nitrogen and oxygen atoms in total. The maximum atomic E-state index is 13.5. The van der Waals surface area contributed by atoms with Crippen molar-refractivity contribution in [3.63, 3.8) is 0 Å². The molecule has 0 spiro atoms. The van der Waals surface area contributed by atoms with E-state index in [-0.39, 0.29) is 48.6 Å². The smallest absolute Gasteiger partial charge is 0.329 e. The Kier molecular flexibility index (Phi) is 7.16. The van der Waals surface area contributed by atoms with E-state index in [0.29, 0.717) is 30.2 Å². The average molecular weight is 528 g/mol. The molecule has 0 N–H and O–H groups in total. The number of aromatic nitrogens is 5. The number of hydrogen-bond acceptors (Lipinski definition) is 9. The van der Waals surface area contributed by atoms with Crippen molar-refractivity contribution in [2.75, 3.05) is 6.61 Å². The third-order valence-corrected chi connectivity index (χ3v) is 5.53. The first-order valence-electron chi connectivity index (χ1n) is 10.3. The van der Waals surface area contributed by atoms with Gasteiger partial charge in [0.1, 0.15) is 11.9 Å². The molecular formula is C20H20BrF2N5O5. The van der Waals surface area contributed by atoms with Crippen LogP contribution >= 0.6 is 15.9 Å². The number of benzene rings is 1. The summed E-state index contributed by atoms with van der Waals surface area (Å²) in [6.45, 7) is 1.81. The summed E-state index contributed by atoms with van der Waals surface area (Å²) in [7, 11) is 0. The van der Waals surface area contributed by atoms with Crippen molar-refractivity contribution in [3.05, 3.63) is 34.3 Å². The molecule has 0 saturated heterocycles. The zero-order valence-electron chi connectivity index (χ0n) is 17.5. The number of esters is 1. The number of tetrazole rings is 1. The normalized spacial score (nSPS) is 18.2. The number of nitrogens with zero attached hydrogens (tertiary/aromatic N) is 5. The lowest BCUT2D eigenvalue weighted by Crippen LogP contribution is -2.30. The minimum Gasteiger partial charge on any atom is -0.489 e. The van der Waals surface area contributed by atoms with E-state index in [9.17, 15) is 13.6 Å². The van der Waals surface area contributed by atoms with Crippen LogP contribution in [-0.4, -0.2) is 50.1 Å². The summed E-state index contributed by atoms with van der Waals surface area (Å²) in [5, 5.41) is 15.6. The number of rotatable bonds is 8. The van der Waals surface area contributed by atoms with Crippen LogP contribution in [0.1, 0.15) is 32.6 Å². The second-order valence-corrected chi connectivity index (χ2v) is 8.16. The summed E-state index contributed by atoms with van der Waals surface area (Å²) in [5.74, 6) is -1.41. The Morgan fingerprint density at radius 3 is 2.58 bits per heavy atom. The summed E-state index contributed by atoms with van der Waals surface area (Å²) in [4.78, 5) is 12.6. The monoisotopic (exact) mass is 527 g/mol. The number of hydrogen-bond donors (Lipinski definition) is 0. The average Bonchev–Trinajstić information content (AvgIpc) is 3.43. The lowest BCUT2D eigenvalue weighted by Gasteiger charge is -2.29. The quantitative estimate of drug-likeness (QED) is 0.319. The molecule has 0 unspecified atom stereocenters. The highest BCUT2D eigenvalue weighted by Gasteiger charge is 2.26. The van der Waals surface area contributed by atoms with Gasteiger partial charge in [0.15, 0.2) is 18.2 Å². The van der Waals surface area contributed by atoms with Crippen molar-refractivity contribution in [2.24, 2.45) is 0 Å². The zero-order chi connectivity index (χ0) is 23.4. The Bertz CT molecular complexity index is 1120. The lowest BCUT2D eigenvalue weighted by atomic mass is 9.95. The highest BCUT2D eigenvalue weighted by molar-refractivity contribution is 9.10. The SMILES string of the molecule is CCOC(=O)Cn1nnc(-c2cc(OC3CCC(Oc4cc(F)c(F)cc4Br)CC3)no2)n1. The molecule has 1 fully saturated rings. The summed E-state index contributed by atoms with van der Waals surface area (Å²) in [6, 6.07) is 3.63. The first-order valence-corrected chi connectivity index (χ1v) is 11.1. The topological polar surface area (TPSA) is 114 Å². The Hall–Kier alpha value is -3.09. The van der Waals surface area contributed by atoms with Crippen LogP contribution in [0.4, 0.5) is 8.78 Å². The van der Waals surface area contributed by atoms with Gasteiger partial charge in [0, 0.05) is 6.07 Å². The molecule has 33 heavy (non-hydrogen) atoms. The number of ether oxygens (including phenoxy) is 3. The highest BCUT2D eigenvalue weighted by atomic mass is 79.9. The lowest BCUT2D eigenvalue weighted by molar-refractivity contribution is -0.144. The predicted molar refractivity (Wildman–Crippen MR) is 111 cm³/mol. The van der Waals surface area contributed by atoms with Gasteiger partial charge in [-0.25, -0.2) is 13.6 Å². The molecule has 0 bridgehead atoms. The molecule has 176 valence electrons. The summed E-state index contributed by atoms with van der Waals surface area (Å²) < 4.78 is 48.9. The van der Waals surface area contributed by atoms with Gasteiger partial charge in [0.05, 0.1) is 23.2 Å². The van der Waals surface area contributed by atoms with Gasteiger partial charge >= 0.3 is 5.97 Å². The minimum atomic E-state index is -0.956. The van der Waals surface area contributed by atoms with Gasteiger partial charge in [-0.1, -0.05) is 0 Å². The second kappa shape index (κ2) is 10.2. The van der Waals surface area contributed by atoms with Gasteiger partial charge in [0.2, 0.25) is 11.6 Å². The van der Waals surface area contributed by atoms with Gasteiger partial charge in [0.25, 0.3) is 5.88 Å². The van der Waals surface area contributed by atoms with E-state index in [1.165, 1.54) is 0 Å². The molecule has 0 aliphatic heterocycles. The van der Waals surface area contributed by atoms with E-state index in [1.54, 1.807) is 13.0 Å². The third kappa shape index (κ3) is 5.83. The second-order valence-electron chi connectivity index (χ2n) is 7.31. The maximum absolute atomic E-state index is 13.5. The molecule has 2 heterocycles. The summed E-state index contributed by atoms with van der Waals surface area (Å²) >= 11 is 3.19. The van der Waals surface area contributed by atoms with Crippen LogP contribution in [0.25, 0.3) is 11.6 Å². The van der Waals surface area contributed by atoms with Crippen molar-refractivity contribution in [1.29, 1.82) is 0 Å². The maximum Gasteiger partial charge on any atom is 0.329 e. The van der Waals surface area contributed by atoms with E-state index in [2.05, 4.69) is 36.5 Å². The number of carbonyl (C=O) groups excluding carboxylic acids is 1. The van der Waals surface area contributed by atoms with Crippen molar-refractivity contribution in [2.45, 2.75) is 51.4 Å². The molecular weight excluding hydrogens is 508 g/mol. The Morgan fingerprint density at radius 1 is 1.15 bits per heavy atom. The third-order valence-electron chi connectivity index (χ3n) is 4.91. The molecule has 1 aliphatic rings. The molecule has 1 saturated carbocycles. The van der Waals surface area contributed by atoms with Crippen LogP contribution in [0.5, 0.6) is 11.6 Å². The first-order chi connectivity index (χ1) is 15.9. The van der Waals surface area contributed by atoms with Crippen LogP contribution in [0.2, 0.25) is 0 Å². The largest absolute Gasteiger partial charge is 0.489 e. The van der Waals surface area contributed by atoms with Gasteiger partial charge < -0.3 is 18.7 Å². The Morgan fingerprint density at radius 2 is 1.85 bits per heavy atom. The fourth-order valence-electron chi connectivity index (χ4n) is 3.36. The fourth-order valence-corrected chi connectivity index (χ4v) is 3.77. The van der Waals surface area contributed by atoms with Crippen molar-refractivity contribution in [1.82, 2.24) is 25.4 Å². The summed E-state index contributed by atoms with van der Waals surface area (Å²) in [6.07, 6.45) is 2.46. The molecule has 2 aromatic heterocycles. The molecule has 4 rings (SSSR count). The van der Waals surface area contributed by atoms with Gasteiger partial charge in [-0.05, 0) is 65.0 Å².